The summed E-state index contributed by atoms with van der Waals surface area (Å²) in [6, 6.07) is 0. The third kappa shape index (κ3) is 38.0. The maximum atomic E-state index is 12.5. The number of carbonyl (C=O) groups is 2. The molecule has 3 N–H and O–H groups in total. The molecular weight excluding hydrogens is 695 g/mol. The van der Waals surface area contributed by atoms with Gasteiger partial charge >= 0.3 is 19.8 Å². The number of allylic oxidation sites excluding steroid dienone is 7. The van der Waals surface area contributed by atoms with Crippen LogP contribution in [-0.2, 0) is 32.7 Å². The van der Waals surface area contributed by atoms with E-state index in [4.69, 9.17) is 19.1 Å². The van der Waals surface area contributed by atoms with Crippen LogP contribution in [0.25, 0.3) is 0 Å². The maximum absolute atomic E-state index is 12.5. The van der Waals surface area contributed by atoms with Crippen molar-refractivity contribution in [1.29, 1.82) is 0 Å². The van der Waals surface area contributed by atoms with Crippen molar-refractivity contribution in [2.24, 2.45) is 0 Å². The third-order valence-electron chi connectivity index (χ3n) is 8.59. The quantitative estimate of drug-likeness (QED) is 0.0182. The summed E-state index contributed by atoms with van der Waals surface area (Å²) in [6.07, 6.45) is 40.0. The molecule has 1 unspecified atom stereocenters. The monoisotopic (exact) mass is 771 g/mol. The second-order valence-electron chi connectivity index (χ2n) is 13.8. The molecule has 11 heteroatoms. The molecular formula is C42H75O10P. The second kappa shape index (κ2) is 38.2. The van der Waals surface area contributed by atoms with Gasteiger partial charge in [0.05, 0.1) is 19.8 Å². The molecule has 0 radical (unpaired) electrons. The van der Waals surface area contributed by atoms with E-state index in [1.807, 2.05) is 6.08 Å². The number of esters is 2. The Morgan fingerprint density at radius 3 is 1.55 bits per heavy atom. The molecule has 0 aliphatic heterocycles. The molecule has 0 aliphatic rings. The van der Waals surface area contributed by atoms with E-state index in [1.165, 1.54) is 96.0 Å². The third-order valence-corrected chi connectivity index (χ3v) is 9.54. The van der Waals surface area contributed by atoms with E-state index >= 15 is 0 Å². The lowest BCUT2D eigenvalue weighted by atomic mass is 10.1. The lowest BCUT2D eigenvalue weighted by Crippen LogP contribution is -2.29. The summed E-state index contributed by atoms with van der Waals surface area (Å²) in [6.45, 7) is 2.21. The van der Waals surface area contributed by atoms with Gasteiger partial charge in [-0.1, -0.05) is 159 Å². The zero-order chi connectivity index (χ0) is 39.1. The Morgan fingerprint density at radius 2 is 1.04 bits per heavy atom. The van der Waals surface area contributed by atoms with Crippen LogP contribution in [0.15, 0.2) is 48.6 Å². The molecule has 0 heterocycles. The van der Waals surface area contributed by atoms with Crippen molar-refractivity contribution in [3.8, 4) is 0 Å². The number of aliphatic hydroxyl groups excluding tert-OH is 2. The molecule has 308 valence electrons. The number of aliphatic hydroxyl groups is 2. The zero-order valence-electron chi connectivity index (χ0n) is 33.2. The minimum atomic E-state index is -4.64. The fraction of sp³-hybridized carbons (Fsp3) is 0.762. The van der Waals surface area contributed by atoms with Gasteiger partial charge in [-0.2, -0.15) is 0 Å². The van der Waals surface area contributed by atoms with Crippen molar-refractivity contribution >= 4 is 19.8 Å². The minimum absolute atomic E-state index is 0.203. The summed E-state index contributed by atoms with van der Waals surface area (Å²) in [5, 5.41) is 18.3. The van der Waals surface area contributed by atoms with Crippen molar-refractivity contribution in [2.45, 2.75) is 180 Å². The van der Waals surface area contributed by atoms with Crippen LogP contribution in [0.3, 0.4) is 0 Å². The van der Waals surface area contributed by atoms with Crippen LogP contribution in [0.2, 0.25) is 0 Å². The first-order valence-electron chi connectivity index (χ1n) is 20.7. The molecule has 53 heavy (non-hydrogen) atoms. The summed E-state index contributed by atoms with van der Waals surface area (Å²) in [5.74, 6) is -1.20. The van der Waals surface area contributed by atoms with Crippen molar-refractivity contribution in [1.82, 2.24) is 0 Å². The Morgan fingerprint density at radius 1 is 0.604 bits per heavy atom. The second-order valence-corrected chi connectivity index (χ2v) is 15.2. The van der Waals surface area contributed by atoms with Crippen molar-refractivity contribution in [3.63, 3.8) is 0 Å². The molecule has 0 amide bonds. The van der Waals surface area contributed by atoms with E-state index < -0.39 is 51.8 Å². The van der Waals surface area contributed by atoms with Crippen LogP contribution in [0.5, 0.6) is 0 Å². The number of phosphoric ester groups is 1. The normalized spacial score (nSPS) is 14.4. The number of unbranched alkanes of at least 4 members (excludes halogenated alkanes) is 20. The van der Waals surface area contributed by atoms with Gasteiger partial charge in [0.2, 0.25) is 0 Å². The van der Waals surface area contributed by atoms with Crippen LogP contribution in [0.4, 0.5) is 0 Å². The van der Waals surface area contributed by atoms with E-state index in [1.54, 1.807) is 12.2 Å². The number of rotatable bonds is 38. The number of carbonyl (C=O) groups excluding carboxylic acids is 2. The highest BCUT2D eigenvalue weighted by molar-refractivity contribution is 7.47. The van der Waals surface area contributed by atoms with Crippen LogP contribution in [0, 0.1) is 0 Å². The molecule has 0 saturated carbocycles. The molecule has 10 nitrogen and oxygen atoms in total. The lowest BCUT2D eigenvalue weighted by molar-refractivity contribution is -0.157. The summed E-state index contributed by atoms with van der Waals surface area (Å²) in [5.41, 5.74) is 0. The molecule has 0 aromatic heterocycles. The SMILES string of the molecule is CCCCCC/C=C/C=C/CCCCCCCC(=O)OC[C@H](COP(=O)(O)OC[C@@H](O)CO)OC(=O)/C=C/C=C/CCCCCCCCCCCCC. The average Bonchev–Trinajstić information content (AvgIpc) is 3.14. The number of phosphoric acid groups is 1. The fourth-order valence-corrected chi connectivity index (χ4v) is 6.15. The van der Waals surface area contributed by atoms with Gasteiger partial charge < -0.3 is 24.6 Å². The van der Waals surface area contributed by atoms with Gasteiger partial charge in [0, 0.05) is 12.5 Å². The van der Waals surface area contributed by atoms with Gasteiger partial charge in [0.15, 0.2) is 6.10 Å². The fourth-order valence-electron chi connectivity index (χ4n) is 5.36. The molecule has 0 aromatic rings. The first kappa shape index (κ1) is 50.9. The highest BCUT2D eigenvalue weighted by Crippen LogP contribution is 2.43. The van der Waals surface area contributed by atoms with Crippen LogP contribution >= 0.6 is 7.82 Å². The Hall–Kier alpha value is -2.07. The Balaban J connectivity index is 4.47. The first-order valence-corrected chi connectivity index (χ1v) is 22.1. The van der Waals surface area contributed by atoms with Crippen LogP contribution < -0.4 is 0 Å². The van der Waals surface area contributed by atoms with E-state index in [0.29, 0.717) is 6.42 Å². The summed E-state index contributed by atoms with van der Waals surface area (Å²) >= 11 is 0. The number of ether oxygens (including phenoxy) is 2. The standard InChI is InChI=1S/C42H75O10P/c1-3-5-7-9-11-13-15-17-19-21-23-25-27-29-31-33-41(45)49-37-40(38-51-53(47,48)50-36-39(44)35-43)52-42(46)34-32-30-28-26-24-22-20-18-16-14-12-10-8-6-4-2/h13,15,17,19,28,30,32,34,39-40,43-44H,3-12,14,16,18,20-27,29,31,33,35-38H2,1-2H3,(H,47,48)/b15-13+,19-17+,30-28+,34-32+/t39-,40+/m0/s1. The molecule has 0 bridgehead atoms. The molecule has 3 atom stereocenters. The largest absolute Gasteiger partial charge is 0.472 e. The number of hydrogen-bond acceptors (Lipinski definition) is 9. The van der Waals surface area contributed by atoms with E-state index in [0.717, 1.165) is 51.4 Å². The molecule has 0 aliphatic carbocycles. The zero-order valence-corrected chi connectivity index (χ0v) is 34.1. The van der Waals surface area contributed by atoms with Gasteiger partial charge in [-0.15, -0.1) is 0 Å². The summed E-state index contributed by atoms with van der Waals surface area (Å²) in [4.78, 5) is 34.8. The summed E-state index contributed by atoms with van der Waals surface area (Å²) < 4.78 is 32.4. The van der Waals surface area contributed by atoms with Gasteiger partial charge in [-0.25, -0.2) is 9.36 Å². The average molecular weight is 771 g/mol. The Bertz CT molecular complexity index is 1030. The van der Waals surface area contributed by atoms with Gasteiger partial charge in [0.1, 0.15) is 12.7 Å². The molecule has 0 aromatic carbocycles. The Kier molecular flexibility index (Phi) is 36.7. The lowest BCUT2D eigenvalue weighted by Gasteiger charge is -2.19. The van der Waals surface area contributed by atoms with Gasteiger partial charge in [-0.05, 0) is 44.9 Å². The Labute approximate surface area is 322 Å². The minimum Gasteiger partial charge on any atom is -0.462 e. The van der Waals surface area contributed by atoms with Crippen LogP contribution in [-0.4, -0.2) is 65.7 Å². The van der Waals surface area contributed by atoms with Crippen molar-refractivity contribution < 1.29 is 47.8 Å². The van der Waals surface area contributed by atoms with Crippen LogP contribution in [0.1, 0.15) is 168 Å². The van der Waals surface area contributed by atoms with Crippen molar-refractivity contribution in [2.75, 3.05) is 26.4 Å². The predicted molar refractivity (Wildman–Crippen MR) is 214 cm³/mol. The highest BCUT2D eigenvalue weighted by Gasteiger charge is 2.26. The molecule has 0 rings (SSSR count). The van der Waals surface area contributed by atoms with E-state index in [2.05, 4.69) is 42.7 Å². The first-order chi connectivity index (χ1) is 25.7. The molecule has 0 fully saturated rings. The maximum Gasteiger partial charge on any atom is 0.472 e. The predicted octanol–water partition coefficient (Wildman–Crippen LogP) is 10.6. The topological polar surface area (TPSA) is 149 Å². The highest BCUT2D eigenvalue weighted by atomic mass is 31.2. The van der Waals surface area contributed by atoms with Gasteiger partial charge in [-0.3, -0.25) is 13.8 Å². The van der Waals surface area contributed by atoms with E-state index in [9.17, 15) is 24.2 Å². The van der Waals surface area contributed by atoms with Crippen molar-refractivity contribution in [3.05, 3.63) is 48.6 Å². The summed E-state index contributed by atoms with van der Waals surface area (Å²) in [7, 11) is -4.64. The number of hydrogen-bond donors (Lipinski definition) is 3. The molecule has 0 spiro atoms. The van der Waals surface area contributed by atoms with E-state index in [-0.39, 0.29) is 13.0 Å². The van der Waals surface area contributed by atoms with Gasteiger partial charge in [0.25, 0.3) is 0 Å². The smallest absolute Gasteiger partial charge is 0.462 e. The molecule has 0 saturated heterocycles.